The van der Waals surface area contributed by atoms with Crippen LogP contribution in [-0.2, 0) is 10.1 Å². The Bertz CT molecular complexity index is 1460. The van der Waals surface area contributed by atoms with Crippen LogP contribution >= 0.6 is 0 Å². The molecule has 0 unspecified atom stereocenters. The molecule has 0 radical (unpaired) electrons. The molecule has 36 heavy (non-hydrogen) atoms. The van der Waals surface area contributed by atoms with Crippen molar-refractivity contribution in [3.8, 4) is 17.2 Å². The van der Waals surface area contributed by atoms with Crippen LogP contribution in [0.3, 0.4) is 0 Å². The van der Waals surface area contributed by atoms with Crippen LogP contribution in [0.2, 0.25) is 0 Å². The van der Waals surface area contributed by atoms with Crippen LogP contribution in [0.5, 0.6) is 17.2 Å². The third-order valence-corrected chi connectivity index (χ3v) is 6.57. The topological polar surface area (TPSA) is 93.7 Å². The van der Waals surface area contributed by atoms with E-state index in [1.165, 1.54) is 24.3 Å². The minimum Gasteiger partial charge on any atom is -0.457 e. The zero-order valence-electron chi connectivity index (χ0n) is 20.1. The summed E-state index contributed by atoms with van der Waals surface area (Å²) < 4.78 is 36.0. The van der Waals surface area contributed by atoms with Crippen molar-refractivity contribution in [3.63, 3.8) is 0 Å². The van der Waals surface area contributed by atoms with Gasteiger partial charge in [-0.25, -0.2) is 4.79 Å². The number of benzene rings is 4. The molecule has 184 valence electrons. The highest BCUT2D eigenvalue weighted by atomic mass is 32.2. The predicted octanol–water partition coefficient (Wildman–Crippen LogP) is 6.82. The lowest BCUT2D eigenvalue weighted by atomic mass is 10.1. The van der Waals surface area contributed by atoms with Gasteiger partial charge in [0, 0.05) is 11.4 Å². The summed E-state index contributed by atoms with van der Waals surface area (Å²) in [6.45, 7) is 5.86. The summed E-state index contributed by atoms with van der Waals surface area (Å²) >= 11 is 0. The fourth-order valence-electron chi connectivity index (χ4n) is 3.32. The van der Waals surface area contributed by atoms with E-state index in [-0.39, 0.29) is 10.6 Å². The quantitative estimate of drug-likeness (QED) is 0.271. The van der Waals surface area contributed by atoms with Crippen molar-refractivity contribution < 1.29 is 22.1 Å². The Morgan fingerprint density at radius 1 is 0.667 bits per heavy atom. The average molecular weight is 503 g/mol. The van der Waals surface area contributed by atoms with Crippen molar-refractivity contribution in [1.82, 2.24) is 0 Å². The zero-order valence-corrected chi connectivity index (χ0v) is 20.9. The Labute approximate surface area is 210 Å². The smallest absolute Gasteiger partial charge is 0.339 e. The largest absolute Gasteiger partial charge is 0.457 e. The van der Waals surface area contributed by atoms with Gasteiger partial charge in [-0.15, -0.1) is 0 Å². The number of amides is 2. The molecule has 8 heteroatoms. The van der Waals surface area contributed by atoms with Gasteiger partial charge in [0.05, 0.1) is 0 Å². The third kappa shape index (κ3) is 6.43. The molecule has 2 amide bonds. The SMILES string of the molecule is Cc1ccc(S(=O)(=O)Oc2ccc(NC(=O)Nc3ccc(Oc4cc(C)ccc4C)cc3)cc2)cc1. The van der Waals surface area contributed by atoms with Gasteiger partial charge in [0.2, 0.25) is 0 Å². The molecule has 4 aromatic rings. The van der Waals surface area contributed by atoms with Crippen molar-refractivity contribution in [2.24, 2.45) is 0 Å². The van der Waals surface area contributed by atoms with E-state index in [2.05, 4.69) is 10.6 Å². The molecule has 0 spiro atoms. The minimum absolute atomic E-state index is 0.0696. The van der Waals surface area contributed by atoms with Gasteiger partial charge in [-0.1, -0.05) is 29.8 Å². The van der Waals surface area contributed by atoms with Gasteiger partial charge in [0.15, 0.2) is 0 Å². The van der Waals surface area contributed by atoms with Crippen LogP contribution in [0, 0.1) is 20.8 Å². The second-order valence-corrected chi connectivity index (χ2v) is 9.90. The number of ether oxygens (including phenoxy) is 1. The van der Waals surface area contributed by atoms with E-state index in [4.69, 9.17) is 8.92 Å². The normalized spacial score (nSPS) is 11.0. The number of carbonyl (C=O) groups is 1. The maximum absolute atomic E-state index is 12.4. The first-order valence-corrected chi connectivity index (χ1v) is 12.6. The summed E-state index contributed by atoms with van der Waals surface area (Å²) in [7, 11) is -3.94. The fraction of sp³-hybridized carbons (Fsp3) is 0.107. The maximum Gasteiger partial charge on any atom is 0.339 e. The van der Waals surface area contributed by atoms with E-state index in [0.717, 1.165) is 22.4 Å². The molecular weight excluding hydrogens is 476 g/mol. The Kier molecular flexibility index (Phi) is 7.26. The van der Waals surface area contributed by atoms with Crippen LogP contribution < -0.4 is 19.6 Å². The minimum atomic E-state index is -3.94. The van der Waals surface area contributed by atoms with Crippen molar-refractivity contribution >= 4 is 27.5 Å². The van der Waals surface area contributed by atoms with Gasteiger partial charge in [-0.2, -0.15) is 8.42 Å². The molecule has 7 nitrogen and oxygen atoms in total. The summed E-state index contributed by atoms with van der Waals surface area (Å²) in [5.74, 6) is 1.58. The Hall–Kier alpha value is -4.30. The molecule has 0 atom stereocenters. The molecular formula is C28H26N2O5S. The third-order valence-electron chi connectivity index (χ3n) is 5.31. The standard InChI is InChI=1S/C28H26N2O5S/c1-19-5-16-26(17-6-19)36(32,33)35-25-14-10-23(11-15-25)30-28(31)29-22-8-12-24(13-9-22)34-27-18-20(2)4-7-21(27)3/h4-18H,1-3H3,(H2,29,30,31). The number of aryl methyl sites for hydroxylation is 3. The second kappa shape index (κ2) is 10.5. The molecule has 0 aliphatic heterocycles. The van der Waals surface area contributed by atoms with Gasteiger partial charge in [-0.3, -0.25) is 0 Å². The summed E-state index contributed by atoms with van der Waals surface area (Å²) in [6, 6.07) is 25.1. The zero-order chi connectivity index (χ0) is 25.7. The first kappa shape index (κ1) is 24.8. The molecule has 0 bridgehead atoms. The number of urea groups is 1. The summed E-state index contributed by atoms with van der Waals surface area (Å²) in [5, 5.41) is 5.45. The van der Waals surface area contributed by atoms with Crippen LogP contribution in [0.4, 0.5) is 16.2 Å². The Morgan fingerprint density at radius 2 is 1.19 bits per heavy atom. The van der Waals surface area contributed by atoms with Crippen molar-refractivity contribution in [1.29, 1.82) is 0 Å². The molecule has 4 rings (SSSR count). The van der Waals surface area contributed by atoms with E-state index < -0.39 is 16.1 Å². The van der Waals surface area contributed by atoms with E-state index in [1.54, 1.807) is 48.5 Å². The molecule has 2 N–H and O–H groups in total. The molecule has 0 heterocycles. The molecule has 0 saturated carbocycles. The van der Waals surface area contributed by atoms with Crippen LogP contribution in [-0.4, -0.2) is 14.4 Å². The highest BCUT2D eigenvalue weighted by Gasteiger charge is 2.16. The van der Waals surface area contributed by atoms with E-state index in [1.807, 2.05) is 39.0 Å². The monoisotopic (exact) mass is 502 g/mol. The Morgan fingerprint density at radius 3 is 1.78 bits per heavy atom. The first-order valence-electron chi connectivity index (χ1n) is 11.2. The predicted molar refractivity (Wildman–Crippen MR) is 141 cm³/mol. The Balaban J connectivity index is 1.32. The molecule has 0 saturated heterocycles. The van der Waals surface area contributed by atoms with Crippen molar-refractivity contribution in [2.45, 2.75) is 25.7 Å². The van der Waals surface area contributed by atoms with Gasteiger partial charge in [0.25, 0.3) is 0 Å². The maximum atomic E-state index is 12.4. The number of carbonyl (C=O) groups excluding carboxylic acids is 1. The molecule has 0 fully saturated rings. The fourth-order valence-corrected chi connectivity index (χ4v) is 4.25. The van der Waals surface area contributed by atoms with Crippen LogP contribution in [0.25, 0.3) is 0 Å². The average Bonchev–Trinajstić information content (AvgIpc) is 2.84. The number of anilines is 2. The highest BCUT2D eigenvalue weighted by molar-refractivity contribution is 7.87. The number of hydrogen-bond donors (Lipinski definition) is 2. The van der Waals surface area contributed by atoms with Gasteiger partial charge in [-0.05, 0) is 98.6 Å². The molecule has 0 aliphatic rings. The first-order chi connectivity index (χ1) is 17.2. The lowest BCUT2D eigenvalue weighted by Crippen LogP contribution is -2.19. The molecule has 0 aliphatic carbocycles. The lowest BCUT2D eigenvalue weighted by molar-refractivity contribution is 0.262. The second-order valence-electron chi connectivity index (χ2n) is 8.35. The van der Waals surface area contributed by atoms with Crippen molar-refractivity contribution in [3.05, 3.63) is 108 Å². The number of rotatable bonds is 7. The summed E-state index contributed by atoms with van der Waals surface area (Å²) in [5.41, 5.74) is 4.15. The van der Waals surface area contributed by atoms with Gasteiger partial charge >= 0.3 is 16.1 Å². The van der Waals surface area contributed by atoms with Crippen LogP contribution in [0.1, 0.15) is 16.7 Å². The molecule has 0 aromatic heterocycles. The van der Waals surface area contributed by atoms with E-state index in [9.17, 15) is 13.2 Å². The number of hydrogen-bond acceptors (Lipinski definition) is 5. The highest BCUT2D eigenvalue weighted by Crippen LogP contribution is 2.27. The lowest BCUT2D eigenvalue weighted by Gasteiger charge is -2.11. The van der Waals surface area contributed by atoms with Crippen molar-refractivity contribution in [2.75, 3.05) is 10.6 Å². The van der Waals surface area contributed by atoms with Gasteiger partial charge < -0.3 is 19.6 Å². The summed E-state index contributed by atoms with van der Waals surface area (Å²) in [6.07, 6.45) is 0. The van der Waals surface area contributed by atoms with E-state index in [0.29, 0.717) is 17.1 Å². The summed E-state index contributed by atoms with van der Waals surface area (Å²) in [4.78, 5) is 12.5. The molecule has 4 aromatic carbocycles. The number of nitrogens with one attached hydrogen (secondary N) is 2. The van der Waals surface area contributed by atoms with Gasteiger partial charge in [0.1, 0.15) is 22.1 Å². The van der Waals surface area contributed by atoms with E-state index >= 15 is 0 Å². The van der Waals surface area contributed by atoms with Crippen LogP contribution in [0.15, 0.2) is 95.9 Å².